The standard InChI is InChI=1S/C18H24N4O3/c1-21-5-4-15-14(10-21)22(6-7-25-15)18-13-8-12(23-2)9-16(24-3)17(13)19-11-20-18/h8-9,11,14-15H,4-7,10H2,1-3H3. The van der Waals surface area contributed by atoms with Crippen LogP contribution in [0, 0.1) is 0 Å². The van der Waals surface area contributed by atoms with Gasteiger partial charge in [-0.05, 0) is 19.5 Å². The van der Waals surface area contributed by atoms with Crippen molar-refractivity contribution in [3.63, 3.8) is 0 Å². The second kappa shape index (κ2) is 6.65. The molecule has 2 fully saturated rings. The minimum atomic E-state index is 0.252. The summed E-state index contributed by atoms with van der Waals surface area (Å²) in [6.45, 7) is 3.58. The number of ether oxygens (including phenoxy) is 3. The third-order valence-corrected chi connectivity index (χ3v) is 5.17. The van der Waals surface area contributed by atoms with E-state index in [2.05, 4.69) is 26.8 Å². The maximum atomic E-state index is 6.02. The highest BCUT2D eigenvalue weighted by Crippen LogP contribution is 2.36. The summed E-state index contributed by atoms with van der Waals surface area (Å²) in [6, 6.07) is 4.14. The van der Waals surface area contributed by atoms with Crippen molar-refractivity contribution in [2.24, 2.45) is 0 Å². The van der Waals surface area contributed by atoms with Gasteiger partial charge in [0.25, 0.3) is 0 Å². The first-order valence-electron chi connectivity index (χ1n) is 8.64. The molecule has 4 rings (SSSR count). The Labute approximate surface area is 147 Å². The number of nitrogens with zero attached hydrogens (tertiary/aromatic N) is 4. The number of benzene rings is 1. The maximum absolute atomic E-state index is 6.02. The first-order chi connectivity index (χ1) is 12.2. The van der Waals surface area contributed by atoms with Gasteiger partial charge < -0.3 is 24.0 Å². The number of fused-ring (bicyclic) bond motifs is 2. The van der Waals surface area contributed by atoms with Crippen LogP contribution in [0.25, 0.3) is 10.9 Å². The quantitative estimate of drug-likeness (QED) is 0.837. The summed E-state index contributed by atoms with van der Waals surface area (Å²) in [5.74, 6) is 2.37. The van der Waals surface area contributed by atoms with Gasteiger partial charge in [0.1, 0.15) is 29.2 Å². The van der Waals surface area contributed by atoms with E-state index in [-0.39, 0.29) is 6.10 Å². The number of aromatic nitrogens is 2. The van der Waals surface area contributed by atoms with Gasteiger partial charge in [-0.25, -0.2) is 9.97 Å². The van der Waals surface area contributed by atoms with Crippen molar-refractivity contribution in [1.82, 2.24) is 14.9 Å². The van der Waals surface area contributed by atoms with Crippen LogP contribution in [0.1, 0.15) is 6.42 Å². The molecule has 0 bridgehead atoms. The highest BCUT2D eigenvalue weighted by atomic mass is 16.5. The summed E-state index contributed by atoms with van der Waals surface area (Å²) in [4.78, 5) is 13.8. The van der Waals surface area contributed by atoms with E-state index in [4.69, 9.17) is 14.2 Å². The summed E-state index contributed by atoms with van der Waals surface area (Å²) in [6.07, 6.45) is 2.92. The normalized spacial score (nSPS) is 24.2. The van der Waals surface area contributed by atoms with Crippen molar-refractivity contribution < 1.29 is 14.2 Å². The van der Waals surface area contributed by atoms with Gasteiger partial charge in [0, 0.05) is 25.7 Å². The monoisotopic (exact) mass is 344 g/mol. The molecule has 1 aromatic carbocycles. The molecule has 2 aliphatic rings. The molecule has 2 unspecified atom stereocenters. The Bertz CT molecular complexity index is 769. The summed E-state index contributed by atoms with van der Waals surface area (Å²) >= 11 is 0. The topological polar surface area (TPSA) is 60.0 Å². The van der Waals surface area contributed by atoms with Gasteiger partial charge in [0.05, 0.1) is 38.4 Å². The zero-order valence-electron chi connectivity index (χ0n) is 14.9. The number of hydrogen-bond donors (Lipinski definition) is 0. The van der Waals surface area contributed by atoms with E-state index in [0.717, 1.165) is 55.1 Å². The Morgan fingerprint density at radius 2 is 2.04 bits per heavy atom. The molecule has 3 heterocycles. The SMILES string of the molecule is COc1cc(OC)c2ncnc(N3CCOC4CCN(C)CC43)c2c1. The summed E-state index contributed by atoms with van der Waals surface area (Å²) in [5.41, 5.74) is 0.806. The fraction of sp³-hybridized carbons (Fsp3) is 0.556. The molecule has 0 N–H and O–H groups in total. The first-order valence-corrected chi connectivity index (χ1v) is 8.64. The van der Waals surface area contributed by atoms with Crippen molar-refractivity contribution >= 4 is 16.7 Å². The van der Waals surface area contributed by atoms with Crippen molar-refractivity contribution in [3.05, 3.63) is 18.5 Å². The van der Waals surface area contributed by atoms with E-state index >= 15 is 0 Å². The van der Waals surface area contributed by atoms with E-state index in [9.17, 15) is 0 Å². The van der Waals surface area contributed by atoms with E-state index in [1.54, 1.807) is 20.5 Å². The molecule has 0 saturated carbocycles. The molecule has 7 heteroatoms. The Morgan fingerprint density at radius 3 is 2.84 bits per heavy atom. The van der Waals surface area contributed by atoms with Gasteiger partial charge in [-0.15, -0.1) is 0 Å². The van der Waals surface area contributed by atoms with Crippen molar-refractivity contribution in [3.8, 4) is 11.5 Å². The van der Waals surface area contributed by atoms with Crippen molar-refractivity contribution in [1.29, 1.82) is 0 Å². The minimum Gasteiger partial charge on any atom is -0.497 e. The van der Waals surface area contributed by atoms with E-state index in [1.807, 2.05) is 12.1 Å². The maximum Gasteiger partial charge on any atom is 0.148 e. The second-order valence-electron chi connectivity index (χ2n) is 6.64. The molecule has 0 spiro atoms. The molecule has 0 aliphatic carbocycles. The van der Waals surface area contributed by atoms with Crippen LogP contribution in [0.2, 0.25) is 0 Å². The summed E-state index contributed by atoms with van der Waals surface area (Å²) < 4.78 is 17.0. The number of piperidine rings is 1. The first kappa shape index (κ1) is 16.4. The zero-order valence-corrected chi connectivity index (χ0v) is 14.9. The third-order valence-electron chi connectivity index (χ3n) is 5.17. The van der Waals surface area contributed by atoms with Crippen LogP contribution in [0.5, 0.6) is 11.5 Å². The molecule has 0 radical (unpaired) electrons. The lowest BCUT2D eigenvalue weighted by Crippen LogP contribution is -2.59. The highest BCUT2D eigenvalue weighted by molar-refractivity contribution is 5.94. The average molecular weight is 344 g/mol. The Kier molecular flexibility index (Phi) is 4.35. The number of hydrogen-bond acceptors (Lipinski definition) is 7. The number of rotatable bonds is 3. The number of methoxy groups -OCH3 is 2. The van der Waals surface area contributed by atoms with E-state index in [0.29, 0.717) is 11.8 Å². The molecule has 2 aromatic rings. The molecular formula is C18H24N4O3. The zero-order chi connectivity index (χ0) is 17.4. The smallest absolute Gasteiger partial charge is 0.148 e. The molecule has 7 nitrogen and oxygen atoms in total. The number of likely N-dealkylation sites (N-methyl/N-ethyl adjacent to an activating group) is 1. The third kappa shape index (κ3) is 2.87. The van der Waals surface area contributed by atoms with Crippen LogP contribution in [0.4, 0.5) is 5.82 Å². The van der Waals surface area contributed by atoms with Gasteiger partial charge in [0.15, 0.2) is 0 Å². The minimum absolute atomic E-state index is 0.252. The molecule has 0 amide bonds. The number of morpholine rings is 1. The van der Waals surface area contributed by atoms with Crippen molar-refractivity contribution in [2.75, 3.05) is 52.4 Å². The van der Waals surface area contributed by atoms with Gasteiger partial charge >= 0.3 is 0 Å². The van der Waals surface area contributed by atoms with E-state index < -0.39 is 0 Å². The van der Waals surface area contributed by atoms with Gasteiger partial charge in [0.2, 0.25) is 0 Å². The van der Waals surface area contributed by atoms with Crippen LogP contribution in [-0.2, 0) is 4.74 Å². The van der Waals surface area contributed by atoms with E-state index in [1.165, 1.54) is 0 Å². The summed E-state index contributed by atoms with van der Waals surface area (Å²) in [5, 5.41) is 0.951. The Hall–Kier alpha value is -2.12. The largest absolute Gasteiger partial charge is 0.497 e. The van der Waals surface area contributed by atoms with Crippen LogP contribution in [0.15, 0.2) is 18.5 Å². The van der Waals surface area contributed by atoms with Gasteiger partial charge in [-0.3, -0.25) is 0 Å². The predicted octanol–water partition coefficient (Wildman–Crippen LogP) is 1.56. The predicted molar refractivity (Wildman–Crippen MR) is 95.6 cm³/mol. The molecule has 25 heavy (non-hydrogen) atoms. The Morgan fingerprint density at radius 1 is 1.16 bits per heavy atom. The molecule has 134 valence electrons. The van der Waals surface area contributed by atoms with Gasteiger partial charge in [-0.2, -0.15) is 0 Å². The number of likely N-dealkylation sites (tertiary alicyclic amines) is 1. The average Bonchev–Trinajstić information content (AvgIpc) is 2.66. The lowest BCUT2D eigenvalue weighted by Gasteiger charge is -2.47. The fourth-order valence-corrected chi connectivity index (χ4v) is 3.89. The van der Waals surface area contributed by atoms with Crippen LogP contribution in [0.3, 0.4) is 0 Å². The molecule has 1 aromatic heterocycles. The van der Waals surface area contributed by atoms with Crippen LogP contribution < -0.4 is 14.4 Å². The lowest BCUT2D eigenvalue weighted by molar-refractivity contribution is -0.0244. The number of anilines is 1. The fourth-order valence-electron chi connectivity index (χ4n) is 3.89. The molecular weight excluding hydrogens is 320 g/mol. The Balaban J connectivity index is 1.82. The highest BCUT2D eigenvalue weighted by Gasteiger charge is 2.37. The second-order valence-corrected chi connectivity index (χ2v) is 6.64. The molecule has 2 atom stereocenters. The van der Waals surface area contributed by atoms with Gasteiger partial charge in [-0.1, -0.05) is 0 Å². The molecule has 2 saturated heterocycles. The van der Waals surface area contributed by atoms with Crippen LogP contribution >= 0.6 is 0 Å². The van der Waals surface area contributed by atoms with Crippen molar-refractivity contribution in [2.45, 2.75) is 18.6 Å². The lowest BCUT2D eigenvalue weighted by atomic mass is 9.98. The molecule has 2 aliphatic heterocycles. The van der Waals surface area contributed by atoms with Crippen LogP contribution in [-0.4, -0.2) is 74.5 Å². The summed E-state index contributed by atoms with van der Waals surface area (Å²) in [7, 11) is 5.47.